The number of halogens is 2. The van der Waals surface area contributed by atoms with Gasteiger partial charge in [0.1, 0.15) is 11.6 Å². The molecule has 1 aromatic carbocycles. The Morgan fingerprint density at radius 1 is 1.65 bits per heavy atom. The van der Waals surface area contributed by atoms with Crippen molar-refractivity contribution >= 4 is 33.2 Å². The van der Waals surface area contributed by atoms with Gasteiger partial charge in [-0.1, -0.05) is 22.5 Å². The van der Waals surface area contributed by atoms with Gasteiger partial charge in [0.05, 0.1) is 17.9 Å². The standard InChI is InChI=1S/C11H10BrFN2O2/c1-6(12)4-15-9-3-8(14)7(13)2-10(9)17-5-11(15)16/h2-3H,1,4-5,14H2. The van der Waals surface area contributed by atoms with Crippen LogP contribution < -0.4 is 15.4 Å². The largest absolute Gasteiger partial charge is 0.481 e. The zero-order valence-electron chi connectivity index (χ0n) is 8.87. The van der Waals surface area contributed by atoms with Crippen molar-refractivity contribution in [1.29, 1.82) is 0 Å². The maximum Gasteiger partial charge on any atom is 0.265 e. The van der Waals surface area contributed by atoms with Gasteiger partial charge in [0, 0.05) is 10.5 Å². The lowest BCUT2D eigenvalue weighted by Gasteiger charge is -2.29. The fraction of sp³-hybridized carbons (Fsp3) is 0.182. The van der Waals surface area contributed by atoms with Gasteiger partial charge < -0.3 is 15.4 Å². The van der Waals surface area contributed by atoms with Gasteiger partial charge in [-0.3, -0.25) is 4.79 Å². The first kappa shape index (κ1) is 11.9. The van der Waals surface area contributed by atoms with E-state index in [0.717, 1.165) is 0 Å². The van der Waals surface area contributed by atoms with Crippen molar-refractivity contribution in [1.82, 2.24) is 0 Å². The Balaban J connectivity index is 2.47. The van der Waals surface area contributed by atoms with Gasteiger partial charge in [-0.05, 0) is 6.07 Å². The van der Waals surface area contributed by atoms with Gasteiger partial charge in [-0.15, -0.1) is 0 Å². The second kappa shape index (κ2) is 4.37. The van der Waals surface area contributed by atoms with E-state index in [0.29, 0.717) is 22.5 Å². The van der Waals surface area contributed by atoms with E-state index in [9.17, 15) is 9.18 Å². The molecule has 17 heavy (non-hydrogen) atoms. The van der Waals surface area contributed by atoms with Crippen molar-refractivity contribution in [3.05, 3.63) is 29.0 Å². The smallest absolute Gasteiger partial charge is 0.265 e. The summed E-state index contributed by atoms with van der Waals surface area (Å²) in [4.78, 5) is 13.1. The van der Waals surface area contributed by atoms with Gasteiger partial charge in [0.25, 0.3) is 5.91 Å². The quantitative estimate of drug-likeness (QED) is 0.851. The Bertz CT molecular complexity index is 504. The van der Waals surface area contributed by atoms with Gasteiger partial charge in [0.15, 0.2) is 6.61 Å². The van der Waals surface area contributed by atoms with Crippen LogP contribution in [0.15, 0.2) is 23.2 Å². The SMILES string of the molecule is C=C(Br)CN1C(=O)COc2cc(F)c(N)cc21. The summed E-state index contributed by atoms with van der Waals surface area (Å²) in [6.45, 7) is 3.85. The molecule has 0 bridgehead atoms. The third-order valence-electron chi connectivity index (χ3n) is 2.35. The summed E-state index contributed by atoms with van der Waals surface area (Å²) >= 11 is 3.19. The van der Waals surface area contributed by atoms with Crippen LogP contribution in [-0.4, -0.2) is 19.1 Å². The van der Waals surface area contributed by atoms with Crippen LogP contribution >= 0.6 is 15.9 Å². The third kappa shape index (κ3) is 2.26. The summed E-state index contributed by atoms with van der Waals surface area (Å²) in [5, 5.41) is 0. The average molecular weight is 301 g/mol. The third-order valence-corrected chi connectivity index (χ3v) is 2.60. The molecule has 0 saturated heterocycles. The number of nitrogen functional groups attached to an aromatic ring is 1. The number of ether oxygens (including phenoxy) is 1. The lowest BCUT2D eigenvalue weighted by atomic mass is 10.2. The molecular weight excluding hydrogens is 291 g/mol. The molecule has 1 aliphatic rings. The van der Waals surface area contributed by atoms with Crippen molar-refractivity contribution in [2.45, 2.75) is 0 Å². The Morgan fingerprint density at radius 2 is 2.35 bits per heavy atom. The number of carbonyl (C=O) groups is 1. The van der Waals surface area contributed by atoms with Crippen molar-refractivity contribution in [2.75, 3.05) is 23.8 Å². The van der Waals surface area contributed by atoms with Crippen LogP contribution in [0, 0.1) is 5.82 Å². The van der Waals surface area contributed by atoms with E-state index in [4.69, 9.17) is 10.5 Å². The van der Waals surface area contributed by atoms with E-state index in [1.54, 1.807) is 0 Å². The first-order chi connectivity index (χ1) is 7.99. The molecule has 0 atom stereocenters. The molecule has 0 aromatic heterocycles. The lowest BCUT2D eigenvalue weighted by Crippen LogP contribution is -2.39. The molecule has 0 fully saturated rings. The molecular formula is C11H10BrFN2O2. The van der Waals surface area contributed by atoms with E-state index in [2.05, 4.69) is 22.5 Å². The molecule has 2 N–H and O–H groups in total. The Morgan fingerprint density at radius 3 is 3.00 bits per heavy atom. The highest BCUT2D eigenvalue weighted by Gasteiger charge is 2.26. The minimum atomic E-state index is -0.560. The topological polar surface area (TPSA) is 55.6 Å². The van der Waals surface area contributed by atoms with Crippen molar-refractivity contribution in [2.24, 2.45) is 0 Å². The summed E-state index contributed by atoms with van der Waals surface area (Å²) in [7, 11) is 0. The normalized spacial score (nSPS) is 14.2. The minimum Gasteiger partial charge on any atom is -0.481 e. The number of hydrogen-bond donors (Lipinski definition) is 1. The molecule has 1 aliphatic heterocycles. The second-order valence-corrected chi connectivity index (χ2v) is 4.75. The van der Waals surface area contributed by atoms with Gasteiger partial charge in [-0.2, -0.15) is 0 Å². The number of nitrogens with zero attached hydrogens (tertiary/aromatic N) is 1. The predicted octanol–water partition coefficient (Wildman–Crippen LogP) is 2.04. The highest BCUT2D eigenvalue weighted by molar-refractivity contribution is 9.11. The van der Waals surface area contributed by atoms with Crippen molar-refractivity contribution < 1.29 is 13.9 Å². The molecule has 0 radical (unpaired) electrons. The van der Waals surface area contributed by atoms with Crippen LogP contribution in [0.5, 0.6) is 5.75 Å². The Hall–Kier alpha value is -1.56. The Kier molecular flexibility index (Phi) is 3.06. The summed E-state index contributed by atoms with van der Waals surface area (Å²) in [6, 6.07) is 2.57. The minimum absolute atomic E-state index is 0.0211. The first-order valence-electron chi connectivity index (χ1n) is 4.84. The monoisotopic (exact) mass is 300 g/mol. The molecule has 4 nitrogen and oxygen atoms in total. The molecule has 90 valence electrons. The van der Waals surface area contributed by atoms with E-state index >= 15 is 0 Å². The Labute approximate surface area is 106 Å². The highest BCUT2D eigenvalue weighted by Crippen LogP contribution is 2.35. The number of benzene rings is 1. The van der Waals surface area contributed by atoms with Crippen LogP contribution in [-0.2, 0) is 4.79 Å². The number of amides is 1. The number of anilines is 2. The number of carbonyl (C=O) groups excluding carboxylic acids is 1. The zero-order valence-corrected chi connectivity index (χ0v) is 10.5. The van der Waals surface area contributed by atoms with Crippen LogP contribution in [0.2, 0.25) is 0 Å². The van der Waals surface area contributed by atoms with Crippen LogP contribution in [0.25, 0.3) is 0 Å². The molecule has 0 unspecified atom stereocenters. The van der Waals surface area contributed by atoms with Gasteiger partial charge >= 0.3 is 0 Å². The first-order valence-corrected chi connectivity index (χ1v) is 5.64. The highest BCUT2D eigenvalue weighted by atomic mass is 79.9. The molecule has 1 heterocycles. The summed E-state index contributed by atoms with van der Waals surface area (Å²) < 4.78 is 19.1. The molecule has 1 amide bonds. The fourth-order valence-electron chi connectivity index (χ4n) is 1.58. The van der Waals surface area contributed by atoms with Gasteiger partial charge in [0.2, 0.25) is 0 Å². The molecule has 0 saturated carbocycles. The van der Waals surface area contributed by atoms with E-state index in [1.165, 1.54) is 17.0 Å². The summed E-state index contributed by atoms with van der Waals surface area (Å²) in [6.07, 6.45) is 0. The molecule has 6 heteroatoms. The van der Waals surface area contributed by atoms with Crippen molar-refractivity contribution in [3.63, 3.8) is 0 Å². The van der Waals surface area contributed by atoms with E-state index in [-0.39, 0.29) is 18.2 Å². The molecule has 0 spiro atoms. The average Bonchev–Trinajstić information content (AvgIpc) is 2.25. The zero-order chi connectivity index (χ0) is 12.6. The van der Waals surface area contributed by atoms with Gasteiger partial charge in [-0.25, -0.2) is 4.39 Å². The molecule has 1 aromatic rings. The maximum atomic E-state index is 13.3. The number of hydrogen-bond acceptors (Lipinski definition) is 3. The predicted molar refractivity (Wildman–Crippen MR) is 66.7 cm³/mol. The van der Waals surface area contributed by atoms with Crippen LogP contribution in [0.4, 0.5) is 15.8 Å². The number of rotatable bonds is 2. The van der Waals surface area contributed by atoms with Crippen LogP contribution in [0.3, 0.4) is 0 Å². The second-order valence-electron chi connectivity index (χ2n) is 3.63. The maximum absolute atomic E-state index is 13.3. The summed E-state index contributed by atoms with van der Waals surface area (Å²) in [5.41, 5.74) is 5.92. The fourth-order valence-corrected chi connectivity index (χ4v) is 1.83. The van der Waals surface area contributed by atoms with Crippen molar-refractivity contribution in [3.8, 4) is 5.75 Å². The van der Waals surface area contributed by atoms with Crippen LogP contribution in [0.1, 0.15) is 0 Å². The van der Waals surface area contributed by atoms with E-state index < -0.39 is 5.82 Å². The molecule has 2 rings (SSSR count). The summed E-state index contributed by atoms with van der Waals surface area (Å²) in [5.74, 6) is -0.468. The number of fused-ring (bicyclic) bond motifs is 1. The number of nitrogens with two attached hydrogens (primary N) is 1. The van der Waals surface area contributed by atoms with E-state index in [1.807, 2.05) is 0 Å². The molecule has 0 aliphatic carbocycles. The lowest BCUT2D eigenvalue weighted by molar-refractivity contribution is -0.121.